The number of rotatable bonds is 1. The highest BCUT2D eigenvalue weighted by atomic mass is 15.2. The molecule has 0 atom stereocenters. The lowest BCUT2D eigenvalue weighted by Crippen LogP contribution is -1.92. The Labute approximate surface area is 109 Å². The lowest BCUT2D eigenvalue weighted by molar-refractivity contribution is 0.797. The van der Waals surface area contributed by atoms with Crippen LogP contribution in [0.3, 0.4) is 0 Å². The Morgan fingerprint density at radius 3 is 3.00 bits per heavy atom. The van der Waals surface area contributed by atoms with Crippen LogP contribution < -0.4 is 0 Å². The van der Waals surface area contributed by atoms with E-state index in [1.165, 1.54) is 0 Å². The second-order valence-electron chi connectivity index (χ2n) is 4.51. The molecule has 0 radical (unpaired) electrons. The van der Waals surface area contributed by atoms with Gasteiger partial charge in [-0.1, -0.05) is 12.1 Å². The molecule has 4 rings (SSSR count). The molecule has 0 bridgehead atoms. The van der Waals surface area contributed by atoms with Gasteiger partial charge < -0.3 is 4.40 Å². The van der Waals surface area contributed by atoms with Crippen LogP contribution in [0.1, 0.15) is 0 Å². The van der Waals surface area contributed by atoms with Crippen LogP contribution in [-0.4, -0.2) is 24.1 Å². The number of hydrogen-bond donors (Lipinski definition) is 0. The van der Waals surface area contributed by atoms with Gasteiger partial charge in [0.1, 0.15) is 0 Å². The summed E-state index contributed by atoms with van der Waals surface area (Å²) in [5.74, 6) is 0. The van der Waals surface area contributed by atoms with E-state index in [9.17, 15) is 0 Å². The van der Waals surface area contributed by atoms with E-state index in [2.05, 4.69) is 33.3 Å². The van der Waals surface area contributed by atoms with Crippen molar-refractivity contribution in [3.8, 4) is 11.3 Å². The Hall–Kier alpha value is -2.69. The lowest BCUT2D eigenvalue weighted by atomic mass is 10.1. The predicted molar refractivity (Wildman–Crippen MR) is 72.7 cm³/mol. The first-order valence-electron chi connectivity index (χ1n) is 6.02. The maximum Gasteiger partial charge on any atom is 0.155 e. The summed E-state index contributed by atoms with van der Waals surface area (Å²) in [7, 11) is 1.94. The second kappa shape index (κ2) is 3.65. The minimum atomic E-state index is 0.852. The van der Waals surface area contributed by atoms with Crippen LogP contribution in [0.25, 0.3) is 27.8 Å². The smallest absolute Gasteiger partial charge is 0.155 e. The fourth-order valence-electron chi connectivity index (χ4n) is 2.28. The zero-order chi connectivity index (χ0) is 12.8. The Morgan fingerprint density at radius 1 is 1.11 bits per heavy atom. The summed E-state index contributed by atoms with van der Waals surface area (Å²) < 4.78 is 3.84. The number of imidazole rings is 1. The summed E-state index contributed by atoms with van der Waals surface area (Å²) in [5.41, 5.74) is 3.95. The van der Waals surface area contributed by atoms with Gasteiger partial charge in [-0.05, 0) is 6.07 Å². The second-order valence-corrected chi connectivity index (χ2v) is 4.51. The molecule has 0 aliphatic heterocycles. The predicted octanol–water partition coefficient (Wildman–Crippen LogP) is 2.28. The third kappa shape index (κ3) is 1.52. The molecule has 1 aromatic carbocycles. The highest BCUT2D eigenvalue weighted by Gasteiger charge is 2.05. The van der Waals surface area contributed by atoms with E-state index in [4.69, 9.17) is 0 Å². The van der Waals surface area contributed by atoms with Gasteiger partial charge in [0.05, 0.1) is 23.6 Å². The van der Waals surface area contributed by atoms with E-state index < -0.39 is 0 Å². The molecule has 19 heavy (non-hydrogen) atoms. The SMILES string of the molecule is Cn1ncc2ccc(-c3cn4ccnc4cn3)cc21. The van der Waals surface area contributed by atoms with Crippen LogP contribution in [0.5, 0.6) is 0 Å². The topological polar surface area (TPSA) is 48.0 Å². The third-order valence-corrected chi connectivity index (χ3v) is 3.32. The maximum absolute atomic E-state index is 4.46. The van der Waals surface area contributed by atoms with Crippen LogP contribution in [0.4, 0.5) is 0 Å². The number of hydrogen-bond acceptors (Lipinski definition) is 3. The Kier molecular flexibility index (Phi) is 1.97. The molecule has 92 valence electrons. The molecule has 0 spiro atoms. The molecule has 3 aromatic heterocycles. The molecule has 5 nitrogen and oxygen atoms in total. The van der Waals surface area contributed by atoms with Crippen molar-refractivity contribution in [1.29, 1.82) is 0 Å². The molecule has 3 heterocycles. The first-order chi connectivity index (χ1) is 9.31. The van der Waals surface area contributed by atoms with E-state index >= 15 is 0 Å². The highest BCUT2D eigenvalue weighted by molar-refractivity contribution is 5.83. The highest BCUT2D eigenvalue weighted by Crippen LogP contribution is 2.22. The monoisotopic (exact) mass is 249 g/mol. The lowest BCUT2D eigenvalue weighted by Gasteiger charge is -2.03. The van der Waals surface area contributed by atoms with E-state index in [-0.39, 0.29) is 0 Å². The molecule has 0 N–H and O–H groups in total. The molecule has 0 aliphatic carbocycles. The van der Waals surface area contributed by atoms with Crippen molar-refractivity contribution in [3.63, 3.8) is 0 Å². The van der Waals surface area contributed by atoms with Crippen LogP contribution in [-0.2, 0) is 7.05 Å². The van der Waals surface area contributed by atoms with Gasteiger partial charge in [-0.15, -0.1) is 0 Å². The molecule has 0 saturated heterocycles. The fraction of sp³-hybridized carbons (Fsp3) is 0.0714. The zero-order valence-corrected chi connectivity index (χ0v) is 10.4. The molecule has 5 heteroatoms. The van der Waals surface area contributed by atoms with Gasteiger partial charge >= 0.3 is 0 Å². The van der Waals surface area contributed by atoms with Gasteiger partial charge in [0.25, 0.3) is 0 Å². The number of aryl methyl sites for hydroxylation is 1. The summed E-state index contributed by atoms with van der Waals surface area (Å²) in [4.78, 5) is 8.65. The van der Waals surface area contributed by atoms with Crippen molar-refractivity contribution in [2.45, 2.75) is 0 Å². The number of benzene rings is 1. The Morgan fingerprint density at radius 2 is 2.05 bits per heavy atom. The molecule has 0 saturated carbocycles. The average molecular weight is 249 g/mol. The zero-order valence-electron chi connectivity index (χ0n) is 10.4. The van der Waals surface area contributed by atoms with E-state index in [1.807, 2.05) is 34.7 Å². The van der Waals surface area contributed by atoms with Crippen molar-refractivity contribution < 1.29 is 0 Å². The van der Waals surface area contributed by atoms with Gasteiger partial charge in [0.2, 0.25) is 0 Å². The number of fused-ring (bicyclic) bond motifs is 2. The van der Waals surface area contributed by atoms with Crippen molar-refractivity contribution in [1.82, 2.24) is 24.1 Å². The van der Waals surface area contributed by atoms with Gasteiger partial charge in [-0.3, -0.25) is 9.67 Å². The van der Waals surface area contributed by atoms with Gasteiger partial charge in [0.15, 0.2) is 5.65 Å². The summed E-state index contributed by atoms with van der Waals surface area (Å²) in [5, 5.41) is 5.39. The number of aromatic nitrogens is 5. The summed E-state index contributed by atoms with van der Waals surface area (Å²) in [6.07, 6.45) is 9.32. The molecule has 0 unspecified atom stereocenters. The van der Waals surface area contributed by atoms with Crippen molar-refractivity contribution in [2.75, 3.05) is 0 Å². The van der Waals surface area contributed by atoms with Crippen LogP contribution in [0.2, 0.25) is 0 Å². The normalized spacial score (nSPS) is 11.4. The Balaban J connectivity index is 1.94. The molecule has 4 aromatic rings. The Bertz CT molecular complexity index is 887. The quantitative estimate of drug-likeness (QED) is 0.520. The van der Waals surface area contributed by atoms with Gasteiger partial charge in [-0.25, -0.2) is 4.98 Å². The van der Waals surface area contributed by atoms with Crippen molar-refractivity contribution in [2.24, 2.45) is 7.05 Å². The molecule has 0 aliphatic rings. The molecular weight excluding hydrogens is 238 g/mol. The van der Waals surface area contributed by atoms with Gasteiger partial charge in [-0.2, -0.15) is 5.10 Å². The van der Waals surface area contributed by atoms with Gasteiger partial charge in [0, 0.05) is 36.6 Å². The molecular formula is C14H11N5. The molecule has 0 fully saturated rings. The first kappa shape index (κ1) is 10.3. The summed E-state index contributed by atoms with van der Waals surface area (Å²) in [6.45, 7) is 0. The molecule has 0 amide bonds. The third-order valence-electron chi connectivity index (χ3n) is 3.32. The van der Waals surface area contributed by atoms with E-state index in [0.29, 0.717) is 0 Å². The minimum absolute atomic E-state index is 0.852. The maximum atomic E-state index is 4.46. The average Bonchev–Trinajstić information content (AvgIpc) is 3.05. The minimum Gasteiger partial charge on any atom is -0.304 e. The van der Waals surface area contributed by atoms with E-state index in [1.54, 1.807) is 12.4 Å². The van der Waals surface area contributed by atoms with Crippen LogP contribution >= 0.6 is 0 Å². The van der Waals surface area contributed by atoms with Crippen LogP contribution in [0.15, 0.2) is 49.2 Å². The summed E-state index contributed by atoms with van der Waals surface area (Å²) in [6, 6.07) is 6.24. The fourth-order valence-corrected chi connectivity index (χ4v) is 2.28. The standard InChI is InChI=1S/C14H11N5/c1-18-13-6-10(2-3-11(13)7-17-18)12-9-19-5-4-15-14(19)8-16-12/h2-9H,1H3. The van der Waals surface area contributed by atoms with Crippen molar-refractivity contribution >= 4 is 16.6 Å². The van der Waals surface area contributed by atoms with Crippen molar-refractivity contribution in [3.05, 3.63) is 49.2 Å². The van der Waals surface area contributed by atoms with Crippen LogP contribution in [0, 0.1) is 0 Å². The summed E-state index contributed by atoms with van der Waals surface area (Å²) >= 11 is 0. The number of nitrogens with zero attached hydrogens (tertiary/aromatic N) is 5. The first-order valence-corrected chi connectivity index (χ1v) is 6.02. The van der Waals surface area contributed by atoms with E-state index in [0.717, 1.165) is 27.8 Å². The largest absolute Gasteiger partial charge is 0.304 e.